The van der Waals surface area contributed by atoms with E-state index in [1.54, 1.807) is 12.1 Å². The van der Waals surface area contributed by atoms with Crippen molar-refractivity contribution in [3.63, 3.8) is 0 Å². The van der Waals surface area contributed by atoms with Gasteiger partial charge in [-0.15, -0.1) is 11.3 Å². The molecule has 1 unspecified atom stereocenters. The van der Waals surface area contributed by atoms with Gasteiger partial charge < -0.3 is 5.11 Å². The second-order valence-corrected chi connectivity index (χ2v) is 7.85. The molecule has 140 valence electrons. The summed E-state index contributed by atoms with van der Waals surface area (Å²) in [5, 5.41) is 12.5. The van der Waals surface area contributed by atoms with E-state index >= 15 is 0 Å². The van der Waals surface area contributed by atoms with E-state index in [1.165, 1.54) is 16.2 Å². The van der Waals surface area contributed by atoms with E-state index in [0.717, 1.165) is 16.7 Å². The van der Waals surface area contributed by atoms with E-state index in [9.17, 15) is 14.7 Å². The summed E-state index contributed by atoms with van der Waals surface area (Å²) in [4.78, 5) is 28.2. The Morgan fingerprint density at radius 1 is 1.00 bits per heavy atom. The Labute approximate surface area is 167 Å². The van der Waals surface area contributed by atoms with Crippen LogP contribution in [0.25, 0.3) is 0 Å². The lowest BCUT2D eigenvalue weighted by molar-refractivity contribution is -0.117. The second kappa shape index (κ2) is 7.09. The molecule has 4 nitrogen and oxygen atoms in total. The summed E-state index contributed by atoms with van der Waals surface area (Å²) in [7, 11) is 0. The maximum atomic E-state index is 13.2. The number of hydrogen-bond acceptors (Lipinski definition) is 4. The first-order valence-electron chi connectivity index (χ1n) is 8.95. The summed E-state index contributed by atoms with van der Waals surface area (Å²) in [5.74, 6) is -1.36. The van der Waals surface area contributed by atoms with Gasteiger partial charge in [-0.1, -0.05) is 48.0 Å². The van der Waals surface area contributed by atoms with Gasteiger partial charge in [0.1, 0.15) is 0 Å². The average Bonchev–Trinajstić information content (AvgIpc) is 3.29. The number of amides is 1. The summed E-state index contributed by atoms with van der Waals surface area (Å²) in [6, 6.07) is 18.0. The van der Waals surface area contributed by atoms with Crippen LogP contribution >= 0.6 is 11.3 Å². The first-order valence-corrected chi connectivity index (χ1v) is 9.83. The van der Waals surface area contributed by atoms with Crippen LogP contribution in [0.2, 0.25) is 0 Å². The van der Waals surface area contributed by atoms with Crippen molar-refractivity contribution in [2.24, 2.45) is 0 Å². The molecule has 0 saturated heterocycles. The molecule has 2 aromatic carbocycles. The highest BCUT2D eigenvalue weighted by Gasteiger charge is 2.44. The van der Waals surface area contributed by atoms with Crippen molar-refractivity contribution >= 4 is 28.7 Å². The molecule has 0 bridgehead atoms. The SMILES string of the molecule is Cc1cccc(C2C(C(=O)c3cccs3)=C(O)C(=O)N2c2cccc(C)c2)c1. The molecule has 0 aliphatic carbocycles. The molecule has 1 aliphatic heterocycles. The minimum absolute atomic E-state index is 0.125. The average molecular weight is 389 g/mol. The molecular formula is C23H19NO3S. The summed E-state index contributed by atoms with van der Waals surface area (Å²) in [6.45, 7) is 3.90. The van der Waals surface area contributed by atoms with Crippen molar-refractivity contribution in [2.45, 2.75) is 19.9 Å². The topological polar surface area (TPSA) is 57.6 Å². The lowest BCUT2D eigenvalue weighted by Gasteiger charge is -2.27. The quantitative estimate of drug-likeness (QED) is 0.628. The molecule has 1 amide bonds. The molecule has 0 spiro atoms. The summed E-state index contributed by atoms with van der Waals surface area (Å²) in [5.41, 5.74) is 3.57. The summed E-state index contributed by atoms with van der Waals surface area (Å²) in [6.07, 6.45) is 0. The van der Waals surface area contributed by atoms with Crippen LogP contribution in [0.15, 0.2) is 77.4 Å². The maximum Gasteiger partial charge on any atom is 0.294 e. The Morgan fingerprint density at radius 2 is 1.71 bits per heavy atom. The molecule has 1 aliphatic rings. The van der Waals surface area contributed by atoms with Gasteiger partial charge in [0.05, 0.1) is 16.5 Å². The van der Waals surface area contributed by atoms with Crippen molar-refractivity contribution in [3.05, 3.63) is 98.9 Å². The number of aliphatic hydroxyl groups is 1. The smallest absolute Gasteiger partial charge is 0.294 e. The number of aliphatic hydroxyl groups excluding tert-OH is 1. The molecule has 28 heavy (non-hydrogen) atoms. The Morgan fingerprint density at radius 3 is 2.36 bits per heavy atom. The molecule has 0 radical (unpaired) electrons. The van der Waals surface area contributed by atoms with Crippen molar-refractivity contribution in [2.75, 3.05) is 4.90 Å². The predicted octanol–water partition coefficient (Wildman–Crippen LogP) is 5.15. The number of nitrogens with zero attached hydrogens (tertiary/aromatic N) is 1. The zero-order chi connectivity index (χ0) is 19.8. The van der Waals surface area contributed by atoms with Gasteiger partial charge in [0.15, 0.2) is 5.76 Å². The van der Waals surface area contributed by atoms with E-state index in [2.05, 4.69) is 0 Å². The second-order valence-electron chi connectivity index (χ2n) is 6.90. The Balaban J connectivity index is 1.91. The number of hydrogen-bond donors (Lipinski definition) is 1. The number of ketones is 1. The molecule has 0 fully saturated rings. The van der Waals surface area contributed by atoms with Crippen LogP contribution in [-0.4, -0.2) is 16.8 Å². The third kappa shape index (κ3) is 3.04. The van der Waals surface area contributed by atoms with Gasteiger partial charge in [-0.3, -0.25) is 14.5 Å². The molecule has 5 heteroatoms. The molecule has 1 aromatic heterocycles. The van der Waals surface area contributed by atoms with Gasteiger partial charge in [0.25, 0.3) is 5.91 Å². The minimum Gasteiger partial charge on any atom is -0.503 e. The Hall–Kier alpha value is -3.18. The zero-order valence-electron chi connectivity index (χ0n) is 15.5. The predicted molar refractivity (Wildman–Crippen MR) is 111 cm³/mol. The summed E-state index contributed by atoms with van der Waals surface area (Å²) < 4.78 is 0. The third-order valence-electron chi connectivity index (χ3n) is 4.84. The molecule has 0 saturated carbocycles. The van der Waals surface area contributed by atoms with Crippen LogP contribution in [0.3, 0.4) is 0 Å². The van der Waals surface area contributed by atoms with E-state index in [-0.39, 0.29) is 11.4 Å². The first-order chi connectivity index (χ1) is 13.5. The standard InChI is InChI=1S/C23H19NO3S/c1-14-6-3-8-16(12-14)20-19(21(25)18-10-5-11-28-18)22(26)23(27)24(20)17-9-4-7-15(2)13-17/h3-13,20,26H,1-2H3. The molecule has 4 rings (SSSR count). The van der Waals surface area contributed by atoms with Crippen LogP contribution in [-0.2, 0) is 4.79 Å². The first kappa shape index (κ1) is 18.2. The fraction of sp³-hybridized carbons (Fsp3) is 0.130. The van der Waals surface area contributed by atoms with E-state index in [0.29, 0.717) is 10.6 Å². The third-order valence-corrected chi connectivity index (χ3v) is 5.70. The number of benzene rings is 2. The number of carbonyl (C=O) groups is 2. The number of Topliss-reactive ketones (excluding diaryl/α,β-unsaturated/α-hetero) is 1. The van der Waals surface area contributed by atoms with Crippen LogP contribution in [0, 0.1) is 13.8 Å². The fourth-order valence-corrected chi connectivity index (χ4v) is 4.26. The van der Waals surface area contributed by atoms with Gasteiger partial charge in [0, 0.05) is 5.69 Å². The number of thiophene rings is 1. The van der Waals surface area contributed by atoms with Crippen LogP contribution in [0.5, 0.6) is 0 Å². The minimum atomic E-state index is -0.677. The Bertz CT molecular complexity index is 1100. The van der Waals surface area contributed by atoms with Crippen LogP contribution < -0.4 is 4.90 Å². The highest BCUT2D eigenvalue weighted by molar-refractivity contribution is 7.12. The lowest BCUT2D eigenvalue weighted by Crippen LogP contribution is -2.31. The maximum absolute atomic E-state index is 13.2. The largest absolute Gasteiger partial charge is 0.503 e. The highest BCUT2D eigenvalue weighted by Crippen LogP contribution is 2.42. The van der Waals surface area contributed by atoms with Gasteiger partial charge in [-0.05, 0) is 48.6 Å². The zero-order valence-corrected chi connectivity index (χ0v) is 16.4. The number of anilines is 1. The number of aryl methyl sites for hydroxylation is 2. The van der Waals surface area contributed by atoms with Crippen molar-refractivity contribution < 1.29 is 14.7 Å². The van der Waals surface area contributed by atoms with Gasteiger partial charge in [0.2, 0.25) is 5.78 Å². The van der Waals surface area contributed by atoms with Crippen LogP contribution in [0.4, 0.5) is 5.69 Å². The molecule has 1 atom stereocenters. The number of carbonyl (C=O) groups excluding carboxylic acids is 2. The normalized spacial score (nSPS) is 16.7. The van der Waals surface area contributed by atoms with Crippen molar-refractivity contribution in [1.29, 1.82) is 0 Å². The molecular weight excluding hydrogens is 370 g/mol. The molecule has 3 aromatic rings. The van der Waals surface area contributed by atoms with Gasteiger partial charge in [-0.25, -0.2) is 0 Å². The Kier molecular flexibility index (Phi) is 4.61. The lowest BCUT2D eigenvalue weighted by atomic mass is 9.94. The number of rotatable bonds is 4. The van der Waals surface area contributed by atoms with Crippen molar-refractivity contribution in [3.8, 4) is 0 Å². The van der Waals surface area contributed by atoms with Crippen molar-refractivity contribution in [1.82, 2.24) is 0 Å². The van der Waals surface area contributed by atoms with E-state index < -0.39 is 17.7 Å². The van der Waals surface area contributed by atoms with Gasteiger partial charge >= 0.3 is 0 Å². The summed E-state index contributed by atoms with van der Waals surface area (Å²) >= 11 is 1.30. The van der Waals surface area contributed by atoms with Crippen LogP contribution in [0.1, 0.15) is 32.4 Å². The van der Waals surface area contributed by atoms with E-state index in [1.807, 2.05) is 67.8 Å². The fourth-order valence-electron chi connectivity index (χ4n) is 3.58. The van der Waals surface area contributed by atoms with E-state index in [4.69, 9.17) is 0 Å². The molecule has 1 N–H and O–H groups in total. The monoisotopic (exact) mass is 389 g/mol. The molecule has 2 heterocycles. The van der Waals surface area contributed by atoms with Gasteiger partial charge in [-0.2, -0.15) is 0 Å². The highest BCUT2D eigenvalue weighted by atomic mass is 32.1.